The second-order valence-electron chi connectivity index (χ2n) is 6.30. The van der Waals surface area contributed by atoms with Gasteiger partial charge in [0.25, 0.3) is 0 Å². The second-order valence-corrected chi connectivity index (χ2v) is 6.30. The number of nitrogens with one attached hydrogen (secondary N) is 1. The first kappa shape index (κ1) is 16.3. The van der Waals surface area contributed by atoms with E-state index in [2.05, 4.69) is 24.3 Å². The number of rotatable bonds is 5. The first-order chi connectivity index (χ1) is 12.1. The van der Waals surface area contributed by atoms with E-state index in [4.69, 9.17) is 4.74 Å². The third kappa shape index (κ3) is 3.91. The molecule has 8 heteroatoms. The molecule has 1 aromatic carbocycles. The van der Waals surface area contributed by atoms with E-state index in [0.717, 1.165) is 37.2 Å². The van der Waals surface area contributed by atoms with Crippen LogP contribution < -0.4 is 9.47 Å². The van der Waals surface area contributed by atoms with Gasteiger partial charge in [-0.05, 0) is 30.5 Å². The van der Waals surface area contributed by atoms with Crippen LogP contribution in [-0.2, 0) is 17.9 Å². The molecule has 2 aliphatic rings. The molecule has 1 N–H and O–H groups in total. The first-order valence-corrected chi connectivity index (χ1v) is 8.28. The highest BCUT2D eigenvalue weighted by molar-refractivity contribution is 5.45. The topological polar surface area (TPSA) is 59.6 Å². The molecular formula is C17H19F2N3O3. The summed E-state index contributed by atoms with van der Waals surface area (Å²) in [6.07, 6.45) is 2.01. The van der Waals surface area contributed by atoms with E-state index in [1.807, 2.05) is 6.20 Å². The number of halogens is 2. The fourth-order valence-electron chi connectivity index (χ4n) is 3.16. The van der Waals surface area contributed by atoms with Crippen LogP contribution in [0.15, 0.2) is 30.7 Å². The van der Waals surface area contributed by atoms with Gasteiger partial charge in [0.2, 0.25) is 0 Å². The smallest absolute Gasteiger partial charge is 0.395 e. The van der Waals surface area contributed by atoms with E-state index in [-0.39, 0.29) is 17.6 Å². The molecule has 0 spiro atoms. The number of hydrogen-bond acceptors (Lipinski definition) is 5. The number of alkyl halides is 2. The predicted molar refractivity (Wildman–Crippen MR) is 84.3 cm³/mol. The summed E-state index contributed by atoms with van der Waals surface area (Å²) in [5.74, 6) is 0.180. The molecule has 1 saturated heterocycles. The highest BCUT2D eigenvalue weighted by Gasteiger charge is 2.43. The van der Waals surface area contributed by atoms with Gasteiger partial charge in [0.15, 0.2) is 11.5 Å². The summed E-state index contributed by atoms with van der Waals surface area (Å²) in [6.45, 7) is 3.00. The summed E-state index contributed by atoms with van der Waals surface area (Å²) < 4.78 is 40.9. The molecule has 0 bridgehead atoms. The lowest BCUT2D eigenvalue weighted by Gasteiger charge is -2.31. The van der Waals surface area contributed by atoms with Gasteiger partial charge in [0, 0.05) is 25.8 Å². The summed E-state index contributed by atoms with van der Waals surface area (Å²) in [5.41, 5.74) is 1.83. The van der Waals surface area contributed by atoms with Gasteiger partial charge >= 0.3 is 6.29 Å². The standard InChI is InChI=1S/C17H19F2N3O3/c18-17(19)24-15-2-1-12(7-16(15)25-17)9-22-5-3-14(4-6-22)23-10-13-8-20-11-21-13/h1-2,7-8,11,14H,3-6,9-10H2,(H,20,21). The third-order valence-electron chi connectivity index (χ3n) is 4.43. The molecule has 2 aliphatic heterocycles. The molecule has 1 aromatic heterocycles. The molecule has 2 aromatic rings. The minimum atomic E-state index is -3.56. The van der Waals surface area contributed by atoms with E-state index >= 15 is 0 Å². The number of H-pyrrole nitrogens is 1. The first-order valence-electron chi connectivity index (χ1n) is 8.28. The van der Waals surface area contributed by atoms with Crippen molar-refractivity contribution in [2.75, 3.05) is 13.1 Å². The molecule has 4 rings (SSSR count). The Morgan fingerprint density at radius 1 is 1.24 bits per heavy atom. The van der Waals surface area contributed by atoms with Crippen LogP contribution in [0.4, 0.5) is 8.78 Å². The van der Waals surface area contributed by atoms with Crippen molar-refractivity contribution in [3.8, 4) is 11.5 Å². The zero-order valence-corrected chi connectivity index (χ0v) is 13.6. The lowest BCUT2D eigenvalue weighted by Crippen LogP contribution is -2.36. The molecule has 0 aliphatic carbocycles. The molecule has 1 fully saturated rings. The summed E-state index contributed by atoms with van der Waals surface area (Å²) in [7, 11) is 0. The summed E-state index contributed by atoms with van der Waals surface area (Å²) >= 11 is 0. The normalized spacial score (nSPS) is 20.1. The Balaban J connectivity index is 1.26. The van der Waals surface area contributed by atoms with Crippen molar-refractivity contribution in [1.82, 2.24) is 14.9 Å². The van der Waals surface area contributed by atoms with Crippen molar-refractivity contribution in [1.29, 1.82) is 0 Å². The average molecular weight is 351 g/mol. The van der Waals surface area contributed by atoms with Crippen molar-refractivity contribution in [2.45, 2.75) is 38.4 Å². The van der Waals surface area contributed by atoms with E-state index in [9.17, 15) is 8.78 Å². The number of nitrogens with zero attached hydrogens (tertiary/aromatic N) is 2. The fourth-order valence-corrected chi connectivity index (χ4v) is 3.16. The number of hydrogen-bond donors (Lipinski definition) is 1. The van der Waals surface area contributed by atoms with Crippen LogP contribution in [0.2, 0.25) is 0 Å². The van der Waals surface area contributed by atoms with E-state index < -0.39 is 6.29 Å². The number of imidazole rings is 1. The van der Waals surface area contributed by atoms with Crippen molar-refractivity contribution in [2.24, 2.45) is 0 Å². The second kappa shape index (κ2) is 6.61. The Kier molecular flexibility index (Phi) is 4.30. The SMILES string of the molecule is FC1(F)Oc2ccc(CN3CCC(OCc4c[nH]cn4)CC3)cc2O1. The van der Waals surface area contributed by atoms with Crippen LogP contribution in [0.3, 0.4) is 0 Å². The maximum absolute atomic E-state index is 13.1. The van der Waals surface area contributed by atoms with Crippen molar-refractivity contribution in [3.63, 3.8) is 0 Å². The number of fused-ring (bicyclic) bond motifs is 1. The van der Waals surface area contributed by atoms with Gasteiger partial charge in [-0.2, -0.15) is 0 Å². The summed E-state index contributed by atoms with van der Waals surface area (Å²) in [5, 5.41) is 0. The van der Waals surface area contributed by atoms with Crippen LogP contribution in [0.25, 0.3) is 0 Å². The number of aromatic nitrogens is 2. The van der Waals surface area contributed by atoms with Crippen LogP contribution >= 0.6 is 0 Å². The average Bonchev–Trinajstić information content (AvgIpc) is 3.19. The maximum Gasteiger partial charge on any atom is 0.586 e. The molecule has 0 unspecified atom stereocenters. The summed E-state index contributed by atoms with van der Waals surface area (Å²) in [4.78, 5) is 9.33. The van der Waals surface area contributed by atoms with Crippen LogP contribution in [0.1, 0.15) is 24.1 Å². The minimum Gasteiger partial charge on any atom is -0.395 e. The number of ether oxygens (including phenoxy) is 3. The van der Waals surface area contributed by atoms with Gasteiger partial charge in [-0.3, -0.25) is 4.90 Å². The lowest BCUT2D eigenvalue weighted by molar-refractivity contribution is -0.286. The zero-order chi connectivity index (χ0) is 17.3. The number of benzene rings is 1. The molecule has 6 nitrogen and oxygen atoms in total. The van der Waals surface area contributed by atoms with E-state index in [0.29, 0.717) is 13.2 Å². The predicted octanol–water partition coefficient (Wildman–Crippen LogP) is 2.91. The molecule has 25 heavy (non-hydrogen) atoms. The Morgan fingerprint density at radius 3 is 2.80 bits per heavy atom. The molecule has 0 atom stereocenters. The largest absolute Gasteiger partial charge is 0.586 e. The Labute approximate surface area is 143 Å². The monoisotopic (exact) mass is 351 g/mol. The fraction of sp³-hybridized carbons (Fsp3) is 0.471. The third-order valence-corrected chi connectivity index (χ3v) is 4.43. The van der Waals surface area contributed by atoms with Crippen molar-refractivity contribution >= 4 is 0 Å². The number of piperidine rings is 1. The lowest BCUT2D eigenvalue weighted by atomic mass is 10.1. The van der Waals surface area contributed by atoms with Gasteiger partial charge < -0.3 is 19.2 Å². The number of aromatic amines is 1. The van der Waals surface area contributed by atoms with Gasteiger partial charge in [-0.25, -0.2) is 4.98 Å². The van der Waals surface area contributed by atoms with Gasteiger partial charge in [-0.1, -0.05) is 6.07 Å². The Morgan fingerprint density at radius 2 is 2.04 bits per heavy atom. The molecule has 0 radical (unpaired) electrons. The van der Waals surface area contributed by atoms with E-state index in [1.165, 1.54) is 6.07 Å². The van der Waals surface area contributed by atoms with E-state index in [1.54, 1.807) is 18.5 Å². The Hall–Kier alpha value is -2.19. The highest BCUT2D eigenvalue weighted by atomic mass is 19.3. The number of likely N-dealkylation sites (tertiary alicyclic amines) is 1. The quantitative estimate of drug-likeness (QED) is 0.898. The van der Waals surface area contributed by atoms with Crippen LogP contribution in [-0.4, -0.2) is 40.4 Å². The van der Waals surface area contributed by atoms with Crippen LogP contribution in [0, 0.1) is 0 Å². The minimum absolute atomic E-state index is 0.0826. The van der Waals surface area contributed by atoms with Crippen molar-refractivity contribution in [3.05, 3.63) is 42.0 Å². The Bertz CT molecular complexity index is 716. The van der Waals surface area contributed by atoms with Gasteiger partial charge in [0.1, 0.15) is 0 Å². The molecular weight excluding hydrogens is 332 g/mol. The molecule has 134 valence electrons. The van der Waals surface area contributed by atoms with Gasteiger partial charge in [0.05, 0.1) is 24.7 Å². The van der Waals surface area contributed by atoms with Gasteiger partial charge in [-0.15, -0.1) is 8.78 Å². The van der Waals surface area contributed by atoms with Crippen molar-refractivity contribution < 1.29 is 23.0 Å². The zero-order valence-electron chi connectivity index (χ0n) is 13.6. The summed E-state index contributed by atoms with van der Waals surface area (Å²) in [6, 6.07) is 4.95. The highest BCUT2D eigenvalue weighted by Crippen LogP contribution is 2.41. The van der Waals surface area contributed by atoms with Crippen LogP contribution in [0.5, 0.6) is 11.5 Å². The molecule has 3 heterocycles. The molecule has 0 amide bonds. The maximum atomic E-state index is 13.1. The molecule has 0 saturated carbocycles.